The van der Waals surface area contributed by atoms with Crippen molar-refractivity contribution in [2.45, 2.75) is 32.2 Å². The fraction of sp³-hybridized carbons (Fsp3) is 0.312. The summed E-state index contributed by atoms with van der Waals surface area (Å²) in [6.07, 6.45) is 0.588. The number of amides is 1. The lowest BCUT2D eigenvalue weighted by molar-refractivity contribution is -0.137. The number of thiazole rings is 1. The Balaban J connectivity index is 1.88. The number of carbonyl (C=O) groups excluding carboxylic acids is 1. The molecule has 122 valence electrons. The van der Waals surface area contributed by atoms with Gasteiger partial charge in [0.2, 0.25) is 5.91 Å². The number of carboxylic acids is 1. The largest absolute Gasteiger partial charge is 0.481 e. The molecule has 0 radical (unpaired) electrons. The Bertz CT molecular complexity index is 685. The lowest BCUT2D eigenvalue weighted by Gasteiger charge is -2.10. The molecule has 1 aromatic heterocycles. The van der Waals surface area contributed by atoms with Crippen LogP contribution in [0.2, 0.25) is 0 Å². The first-order chi connectivity index (χ1) is 10.9. The van der Waals surface area contributed by atoms with Gasteiger partial charge in [0.15, 0.2) is 0 Å². The molecule has 0 aliphatic heterocycles. The van der Waals surface area contributed by atoms with E-state index in [1.54, 1.807) is 24.4 Å². The minimum absolute atomic E-state index is 0.112. The molecule has 0 aliphatic rings. The second-order valence-corrected chi connectivity index (χ2v) is 6.22. The molecule has 7 heteroatoms. The standard InChI is InChI=1S/C16H17FN2O3S/c1-10(6-16(21)22)18-14(20)8-13-9-23-15(19-13)7-11-2-4-12(17)5-3-11/h2-5,9-10H,6-8H2,1H3,(H,18,20)(H,21,22). The minimum Gasteiger partial charge on any atom is -0.481 e. The number of nitrogens with one attached hydrogen (secondary N) is 1. The molecule has 0 bridgehead atoms. The van der Waals surface area contributed by atoms with Crippen LogP contribution in [0.4, 0.5) is 4.39 Å². The second-order valence-electron chi connectivity index (χ2n) is 5.28. The van der Waals surface area contributed by atoms with Crippen molar-refractivity contribution in [3.8, 4) is 0 Å². The highest BCUT2D eigenvalue weighted by Crippen LogP contribution is 2.15. The zero-order valence-corrected chi connectivity index (χ0v) is 13.4. The highest BCUT2D eigenvalue weighted by Gasteiger charge is 2.13. The molecule has 0 aliphatic carbocycles. The van der Waals surface area contributed by atoms with Gasteiger partial charge in [-0.3, -0.25) is 9.59 Å². The molecular formula is C16H17FN2O3S. The van der Waals surface area contributed by atoms with E-state index >= 15 is 0 Å². The number of benzene rings is 1. The molecule has 1 atom stereocenters. The van der Waals surface area contributed by atoms with Crippen molar-refractivity contribution in [2.24, 2.45) is 0 Å². The van der Waals surface area contributed by atoms with Gasteiger partial charge in [-0.25, -0.2) is 9.37 Å². The fourth-order valence-electron chi connectivity index (χ4n) is 2.09. The number of hydrogen-bond donors (Lipinski definition) is 2. The second kappa shape index (κ2) is 7.82. The maximum absolute atomic E-state index is 12.9. The molecule has 0 saturated heterocycles. The average Bonchev–Trinajstić information content (AvgIpc) is 2.87. The topological polar surface area (TPSA) is 79.3 Å². The molecule has 1 amide bonds. The molecular weight excluding hydrogens is 319 g/mol. The molecule has 2 N–H and O–H groups in total. The Morgan fingerprint density at radius 3 is 2.70 bits per heavy atom. The van der Waals surface area contributed by atoms with Crippen molar-refractivity contribution in [2.75, 3.05) is 0 Å². The Hall–Kier alpha value is -2.28. The van der Waals surface area contributed by atoms with E-state index in [2.05, 4.69) is 10.3 Å². The number of carbonyl (C=O) groups is 2. The number of nitrogens with zero attached hydrogens (tertiary/aromatic N) is 1. The molecule has 2 rings (SSSR count). The summed E-state index contributed by atoms with van der Waals surface area (Å²) in [5.41, 5.74) is 1.60. The SMILES string of the molecule is CC(CC(=O)O)NC(=O)Cc1csc(Cc2ccc(F)cc2)n1. The van der Waals surface area contributed by atoms with Crippen molar-refractivity contribution >= 4 is 23.2 Å². The van der Waals surface area contributed by atoms with Crippen LogP contribution in [0, 0.1) is 5.82 Å². The first-order valence-corrected chi connectivity index (χ1v) is 7.99. The normalized spacial score (nSPS) is 11.9. The molecule has 0 saturated carbocycles. The summed E-state index contributed by atoms with van der Waals surface area (Å²) in [6.45, 7) is 1.65. The average molecular weight is 336 g/mol. The van der Waals surface area contributed by atoms with Crippen molar-refractivity contribution in [1.29, 1.82) is 0 Å². The lowest BCUT2D eigenvalue weighted by atomic mass is 10.1. The van der Waals surface area contributed by atoms with Gasteiger partial charge in [0, 0.05) is 17.8 Å². The molecule has 2 aromatic rings. The molecule has 1 heterocycles. The summed E-state index contributed by atoms with van der Waals surface area (Å²) in [5.74, 6) is -1.48. The number of hydrogen-bond acceptors (Lipinski definition) is 4. The van der Waals surface area contributed by atoms with Crippen molar-refractivity contribution in [1.82, 2.24) is 10.3 Å². The number of rotatable bonds is 7. The van der Waals surface area contributed by atoms with E-state index in [9.17, 15) is 14.0 Å². The third-order valence-electron chi connectivity index (χ3n) is 3.10. The first-order valence-electron chi connectivity index (χ1n) is 7.11. The van der Waals surface area contributed by atoms with E-state index < -0.39 is 12.0 Å². The Kier molecular flexibility index (Phi) is 5.81. The quantitative estimate of drug-likeness (QED) is 0.814. The molecule has 1 unspecified atom stereocenters. The highest BCUT2D eigenvalue weighted by atomic mass is 32.1. The van der Waals surface area contributed by atoms with Crippen LogP contribution in [-0.4, -0.2) is 28.0 Å². The molecule has 5 nitrogen and oxygen atoms in total. The van der Waals surface area contributed by atoms with Crippen LogP contribution < -0.4 is 5.32 Å². The summed E-state index contributed by atoms with van der Waals surface area (Å²) in [6, 6.07) is 5.80. The Morgan fingerprint density at radius 1 is 1.35 bits per heavy atom. The number of halogens is 1. The minimum atomic E-state index is -0.951. The first kappa shape index (κ1) is 17.1. The van der Waals surface area contributed by atoms with Crippen LogP contribution in [0.3, 0.4) is 0 Å². The van der Waals surface area contributed by atoms with Crippen molar-refractivity contribution in [3.63, 3.8) is 0 Å². The van der Waals surface area contributed by atoms with Gasteiger partial charge >= 0.3 is 5.97 Å². The Labute approximate surface area is 137 Å². The van der Waals surface area contributed by atoms with Gasteiger partial charge in [0.1, 0.15) is 5.82 Å². The maximum Gasteiger partial charge on any atom is 0.305 e. The van der Waals surface area contributed by atoms with Gasteiger partial charge < -0.3 is 10.4 Å². The number of aromatic nitrogens is 1. The summed E-state index contributed by atoms with van der Waals surface area (Å²) in [4.78, 5) is 26.8. The predicted octanol–water partition coefficient (Wildman–Crippen LogP) is 2.39. The number of aliphatic carboxylic acids is 1. The smallest absolute Gasteiger partial charge is 0.305 e. The summed E-state index contributed by atoms with van der Waals surface area (Å²) >= 11 is 1.44. The van der Waals surface area contributed by atoms with E-state index in [-0.39, 0.29) is 24.6 Å². The van der Waals surface area contributed by atoms with Gasteiger partial charge in [-0.05, 0) is 24.6 Å². The monoisotopic (exact) mass is 336 g/mol. The van der Waals surface area contributed by atoms with Crippen molar-refractivity contribution < 1.29 is 19.1 Å². The van der Waals surface area contributed by atoms with Crippen LogP contribution in [-0.2, 0) is 22.4 Å². The molecule has 23 heavy (non-hydrogen) atoms. The fourth-order valence-corrected chi connectivity index (χ4v) is 2.92. The summed E-state index contributed by atoms with van der Waals surface area (Å²) < 4.78 is 12.9. The van der Waals surface area contributed by atoms with E-state index in [1.807, 2.05) is 0 Å². The van der Waals surface area contributed by atoms with Crippen LogP contribution >= 0.6 is 11.3 Å². The van der Waals surface area contributed by atoms with Gasteiger partial charge in [0.25, 0.3) is 0 Å². The third kappa shape index (κ3) is 5.78. The zero-order valence-electron chi connectivity index (χ0n) is 12.6. The van der Waals surface area contributed by atoms with E-state index in [4.69, 9.17) is 5.11 Å². The van der Waals surface area contributed by atoms with Crippen LogP contribution in [0.5, 0.6) is 0 Å². The van der Waals surface area contributed by atoms with E-state index in [0.29, 0.717) is 12.1 Å². The maximum atomic E-state index is 12.9. The lowest BCUT2D eigenvalue weighted by Crippen LogP contribution is -2.35. The van der Waals surface area contributed by atoms with Gasteiger partial charge in [-0.15, -0.1) is 11.3 Å². The van der Waals surface area contributed by atoms with Gasteiger partial charge in [-0.2, -0.15) is 0 Å². The summed E-state index contributed by atoms with van der Waals surface area (Å²) in [5, 5.41) is 13.9. The van der Waals surface area contributed by atoms with Gasteiger partial charge in [-0.1, -0.05) is 12.1 Å². The zero-order chi connectivity index (χ0) is 16.8. The summed E-state index contributed by atoms with van der Waals surface area (Å²) in [7, 11) is 0. The third-order valence-corrected chi connectivity index (χ3v) is 4.00. The highest BCUT2D eigenvalue weighted by molar-refractivity contribution is 7.09. The van der Waals surface area contributed by atoms with E-state index in [0.717, 1.165) is 10.6 Å². The molecule has 0 fully saturated rings. The van der Waals surface area contributed by atoms with Crippen LogP contribution in [0.15, 0.2) is 29.6 Å². The van der Waals surface area contributed by atoms with Crippen LogP contribution in [0.25, 0.3) is 0 Å². The predicted molar refractivity (Wildman–Crippen MR) is 84.9 cm³/mol. The van der Waals surface area contributed by atoms with Crippen molar-refractivity contribution in [3.05, 3.63) is 51.7 Å². The number of carboxylic acid groups (broad SMARTS) is 1. The van der Waals surface area contributed by atoms with Crippen LogP contribution in [0.1, 0.15) is 29.6 Å². The van der Waals surface area contributed by atoms with Gasteiger partial charge in [0.05, 0.1) is 23.5 Å². The Morgan fingerprint density at radius 2 is 2.04 bits per heavy atom. The molecule has 1 aromatic carbocycles. The van der Waals surface area contributed by atoms with E-state index in [1.165, 1.54) is 23.5 Å². The molecule has 0 spiro atoms.